The lowest BCUT2D eigenvalue weighted by atomic mass is 10.2. The lowest BCUT2D eigenvalue weighted by Gasteiger charge is -2.07. The van der Waals surface area contributed by atoms with Gasteiger partial charge in [-0.15, -0.1) is 5.10 Å². The number of carboxylic acid groups (broad SMARTS) is 1. The van der Waals surface area contributed by atoms with Crippen molar-refractivity contribution in [2.45, 2.75) is 13.1 Å². The topological polar surface area (TPSA) is 104 Å². The van der Waals surface area contributed by atoms with Crippen LogP contribution >= 0.6 is 15.9 Å². The maximum atomic E-state index is 10.5. The Labute approximate surface area is 123 Å². The number of nitrogens with one attached hydrogen (secondary N) is 1. The Kier molecular flexibility index (Phi) is 4.32. The first-order valence-corrected chi connectivity index (χ1v) is 6.42. The lowest BCUT2D eigenvalue weighted by molar-refractivity contribution is -0.137. The Balaban J connectivity index is 2.06. The van der Waals surface area contributed by atoms with Gasteiger partial charge in [-0.05, 0) is 28.1 Å². The molecule has 2 N–H and O–H groups in total. The molecular weight excluding hydrogens is 326 g/mol. The molecular formula is C12H10BrN5O2. The van der Waals surface area contributed by atoms with Gasteiger partial charge in [0.25, 0.3) is 0 Å². The van der Waals surface area contributed by atoms with E-state index in [4.69, 9.17) is 10.4 Å². The zero-order valence-corrected chi connectivity index (χ0v) is 11.8. The fourth-order valence-electron chi connectivity index (χ4n) is 1.61. The Morgan fingerprint density at radius 1 is 1.55 bits per heavy atom. The molecule has 1 aromatic heterocycles. The van der Waals surface area contributed by atoms with Gasteiger partial charge in [-0.3, -0.25) is 4.79 Å². The summed E-state index contributed by atoms with van der Waals surface area (Å²) >= 11 is 3.30. The summed E-state index contributed by atoms with van der Waals surface area (Å²) in [6, 6.07) is 7.48. The molecule has 0 fully saturated rings. The van der Waals surface area contributed by atoms with Crippen LogP contribution in [0, 0.1) is 11.3 Å². The van der Waals surface area contributed by atoms with Crippen molar-refractivity contribution in [3.05, 3.63) is 40.1 Å². The molecule has 2 aromatic rings. The van der Waals surface area contributed by atoms with Crippen molar-refractivity contribution in [2.24, 2.45) is 0 Å². The molecule has 2 rings (SSSR count). The average Bonchev–Trinajstić information content (AvgIpc) is 2.83. The van der Waals surface area contributed by atoms with Crippen LogP contribution in [0.2, 0.25) is 0 Å². The highest BCUT2D eigenvalue weighted by molar-refractivity contribution is 9.10. The highest BCUT2D eigenvalue weighted by atomic mass is 79.9. The number of hydrogen-bond donors (Lipinski definition) is 2. The summed E-state index contributed by atoms with van der Waals surface area (Å²) in [6.07, 6.45) is 1.55. The van der Waals surface area contributed by atoms with Crippen molar-refractivity contribution in [3.8, 4) is 6.07 Å². The van der Waals surface area contributed by atoms with Gasteiger partial charge in [-0.2, -0.15) is 5.26 Å². The van der Waals surface area contributed by atoms with Crippen LogP contribution in [-0.4, -0.2) is 26.1 Å². The third-order valence-electron chi connectivity index (χ3n) is 2.47. The van der Waals surface area contributed by atoms with Gasteiger partial charge in [0.05, 0.1) is 24.0 Å². The van der Waals surface area contributed by atoms with Gasteiger partial charge < -0.3 is 10.4 Å². The Morgan fingerprint density at radius 2 is 2.35 bits per heavy atom. The summed E-state index contributed by atoms with van der Waals surface area (Å²) in [5.74, 6) is -0.979. The Hall–Kier alpha value is -2.40. The molecule has 1 heterocycles. The van der Waals surface area contributed by atoms with Gasteiger partial charge in [-0.25, -0.2) is 4.68 Å². The molecule has 0 aliphatic heterocycles. The molecule has 0 amide bonds. The van der Waals surface area contributed by atoms with E-state index < -0.39 is 5.97 Å². The fourth-order valence-corrected chi connectivity index (χ4v) is 2.06. The molecule has 7 nitrogen and oxygen atoms in total. The molecule has 0 spiro atoms. The largest absolute Gasteiger partial charge is 0.480 e. The second kappa shape index (κ2) is 6.16. The van der Waals surface area contributed by atoms with Gasteiger partial charge in [-0.1, -0.05) is 11.3 Å². The zero-order valence-electron chi connectivity index (χ0n) is 10.2. The molecule has 102 valence electrons. The van der Waals surface area contributed by atoms with Crippen LogP contribution < -0.4 is 5.32 Å². The first-order chi connectivity index (χ1) is 9.60. The summed E-state index contributed by atoms with van der Waals surface area (Å²) in [6.45, 7) is 0.123. The van der Waals surface area contributed by atoms with Crippen LogP contribution in [0.5, 0.6) is 0 Å². The SMILES string of the molecule is N#Cc1c(Br)cccc1NCc1cn(CC(=O)O)nn1. The van der Waals surface area contributed by atoms with E-state index in [0.717, 1.165) is 0 Å². The summed E-state index contributed by atoms with van der Waals surface area (Å²) < 4.78 is 1.95. The van der Waals surface area contributed by atoms with E-state index in [1.807, 2.05) is 6.07 Å². The number of aromatic nitrogens is 3. The van der Waals surface area contributed by atoms with E-state index in [2.05, 4.69) is 37.6 Å². The minimum atomic E-state index is -0.979. The van der Waals surface area contributed by atoms with Gasteiger partial charge in [0.15, 0.2) is 0 Å². The van der Waals surface area contributed by atoms with Crippen molar-refractivity contribution in [3.63, 3.8) is 0 Å². The summed E-state index contributed by atoms with van der Waals surface area (Å²) in [7, 11) is 0. The third kappa shape index (κ3) is 3.33. The maximum Gasteiger partial charge on any atom is 0.325 e. The zero-order chi connectivity index (χ0) is 14.5. The van der Waals surface area contributed by atoms with Crippen molar-refractivity contribution < 1.29 is 9.90 Å². The number of benzene rings is 1. The number of anilines is 1. The minimum absolute atomic E-state index is 0.229. The molecule has 0 aliphatic carbocycles. The lowest BCUT2D eigenvalue weighted by Crippen LogP contribution is -2.09. The standard InChI is InChI=1S/C12H10BrN5O2/c13-10-2-1-3-11(9(10)4-14)15-5-8-6-18(17-16-8)7-12(19)20/h1-3,6,15H,5,7H2,(H,19,20). The van der Waals surface area contributed by atoms with Crippen molar-refractivity contribution in [1.82, 2.24) is 15.0 Å². The molecule has 0 saturated carbocycles. The number of nitriles is 1. The number of carboxylic acids is 1. The highest BCUT2D eigenvalue weighted by Crippen LogP contribution is 2.23. The number of rotatable bonds is 5. The Morgan fingerprint density at radius 3 is 3.05 bits per heavy atom. The van der Waals surface area contributed by atoms with Gasteiger partial charge in [0, 0.05) is 4.47 Å². The van der Waals surface area contributed by atoms with Crippen molar-refractivity contribution in [1.29, 1.82) is 5.26 Å². The van der Waals surface area contributed by atoms with E-state index in [0.29, 0.717) is 28.0 Å². The number of nitrogens with zero attached hydrogens (tertiary/aromatic N) is 4. The molecule has 0 saturated heterocycles. The monoisotopic (exact) mass is 335 g/mol. The first kappa shape index (κ1) is 14.0. The number of aliphatic carboxylic acids is 1. The molecule has 0 bridgehead atoms. The van der Waals surface area contributed by atoms with Gasteiger partial charge >= 0.3 is 5.97 Å². The second-order valence-corrected chi connectivity index (χ2v) is 4.78. The van der Waals surface area contributed by atoms with Crippen LogP contribution in [0.15, 0.2) is 28.9 Å². The minimum Gasteiger partial charge on any atom is -0.480 e. The predicted molar refractivity (Wildman–Crippen MR) is 73.8 cm³/mol. The smallest absolute Gasteiger partial charge is 0.325 e. The van der Waals surface area contributed by atoms with Crippen molar-refractivity contribution in [2.75, 3.05) is 5.32 Å². The van der Waals surface area contributed by atoms with Crippen LogP contribution in [0.4, 0.5) is 5.69 Å². The van der Waals surface area contributed by atoms with Crippen molar-refractivity contribution >= 4 is 27.6 Å². The van der Waals surface area contributed by atoms with E-state index in [-0.39, 0.29) is 6.54 Å². The van der Waals surface area contributed by atoms with Crippen LogP contribution in [0.3, 0.4) is 0 Å². The summed E-state index contributed by atoms with van der Waals surface area (Å²) in [5.41, 5.74) is 1.77. The number of halogens is 1. The van der Waals surface area contributed by atoms with Gasteiger partial charge in [0.2, 0.25) is 0 Å². The Bertz CT molecular complexity index is 677. The van der Waals surface area contributed by atoms with E-state index in [1.54, 1.807) is 18.3 Å². The molecule has 8 heteroatoms. The first-order valence-electron chi connectivity index (χ1n) is 5.63. The molecule has 0 aliphatic rings. The van der Waals surface area contributed by atoms with Crippen LogP contribution in [0.1, 0.15) is 11.3 Å². The van der Waals surface area contributed by atoms with E-state index in [1.165, 1.54) is 4.68 Å². The average molecular weight is 336 g/mol. The van der Waals surface area contributed by atoms with Gasteiger partial charge in [0.1, 0.15) is 18.3 Å². The predicted octanol–water partition coefficient (Wildman–Crippen LogP) is 1.61. The number of hydrogen-bond acceptors (Lipinski definition) is 5. The molecule has 0 atom stereocenters. The second-order valence-electron chi connectivity index (χ2n) is 3.93. The van der Waals surface area contributed by atoms with E-state index >= 15 is 0 Å². The molecule has 20 heavy (non-hydrogen) atoms. The summed E-state index contributed by atoms with van der Waals surface area (Å²) in [5, 5.41) is 28.3. The van der Waals surface area contributed by atoms with E-state index in [9.17, 15) is 4.79 Å². The normalized spacial score (nSPS) is 10.0. The quantitative estimate of drug-likeness (QED) is 0.860. The fraction of sp³-hybridized carbons (Fsp3) is 0.167. The molecule has 1 aromatic carbocycles. The van der Waals surface area contributed by atoms with Crippen LogP contribution in [-0.2, 0) is 17.9 Å². The van der Waals surface area contributed by atoms with Crippen LogP contribution in [0.25, 0.3) is 0 Å². The highest BCUT2D eigenvalue weighted by Gasteiger charge is 2.07. The third-order valence-corrected chi connectivity index (χ3v) is 3.13. The number of carbonyl (C=O) groups is 1. The maximum absolute atomic E-state index is 10.5. The molecule has 0 unspecified atom stereocenters. The molecule has 0 radical (unpaired) electrons. The summed E-state index contributed by atoms with van der Waals surface area (Å²) in [4.78, 5) is 10.5.